The summed E-state index contributed by atoms with van der Waals surface area (Å²) in [6, 6.07) is 5.20. The van der Waals surface area contributed by atoms with Crippen molar-refractivity contribution < 1.29 is 9.21 Å². The maximum atomic E-state index is 12.1. The van der Waals surface area contributed by atoms with Gasteiger partial charge in [0, 0.05) is 23.7 Å². The molecule has 0 atom stereocenters. The van der Waals surface area contributed by atoms with E-state index >= 15 is 0 Å². The lowest BCUT2D eigenvalue weighted by Crippen LogP contribution is -2.20. The SMILES string of the molecule is CCCC(=O)Nc1cc(-c2ccco2)nn1-c1nc(C)c(C)c(=O)[nH]1. The van der Waals surface area contributed by atoms with Crippen molar-refractivity contribution in [3.05, 3.63) is 46.1 Å². The van der Waals surface area contributed by atoms with Crippen molar-refractivity contribution in [2.75, 3.05) is 5.32 Å². The van der Waals surface area contributed by atoms with Crippen LogP contribution in [0.2, 0.25) is 0 Å². The Morgan fingerprint density at radius 1 is 1.40 bits per heavy atom. The highest BCUT2D eigenvalue weighted by molar-refractivity contribution is 5.90. The zero-order valence-corrected chi connectivity index (χ0v) is 14.3. The summed E-state index contributed by atoms with van der Waals surface area (Å²) in [5.74, 6) is 1.06. The molecule has 3 rings (SSSR count). The molecule has 0 aliphatic rings. The fourth-order valence-electron chi connectivity index (χ4n) is 2.34. The van der Waals surface area contributed by atoms with Crippen LogP contribution >= 0.6 is 0 Å². The summed E-state index contributed by atoms with van der Waals surface area (Å²) in [6.45, 7) is 5.38. The van der Waals surface area contributed by atoms with Crippen molar-refractivity contribution in [3.8, 4) is 17.4 Å². The quantitative estimate of drug-likeness (QED) is 0.742. The van der Waals surface area contributed by atoms with Gasteiger partial charge in [0.2, 0.25) is 11.9 Å². The van der Waals surface area contributed by atoms with E-state index < -0.39 is 0 Å². The maximum Gasteiger partial charge on any atom is 0.255 e. The molecule has 3 heterocycles. The smallest absolute Gasteiger partial charge is 0.255 e. The molecule has 0 saturated carbocycles. The minimum Gasteiger partial charge on any atom is -0.463 e. The molecule has 0 aromatic carbocycles. The maximum absolute atomic E-state index is 12.1. The third-order valence-corrected chi connectivity index (χ3v) is 3.81. The number of aromatic amines is 1. The zero-order chi connectivity index (χ0) is 18.0. The molecule has 0 aliphatic heterocycles. The fraction of sp³-hybridized carbons (Fsp3) is 0.294. The van der Waals surface area contributed by atoms with Crippen LogP contribution in [-0.2, 0) is 4.79 Å². The predicted octanol–water partition coefficient (Wildman–Crippen LogP) is 2.57. The number of furan rings is 1. The number of carbonyl (C=O) groups is 1. The molecule has 0 aliphatic carbocycles. The standard InChI is InChI=1S/C17H19N5O3/c1-4-6-15(23)19-14-9-12(13-7-5-8-25-13)21-22(14)17-18-11(3)10(2)16(24)20-17/h5,7-9H,4,6H2,1-3H3,(H,19,23)(H,18,20,24). The molecule has 0 radical (unpaired) electrons. The van der Waals surface area contributed by atoms with Gasteiger partial charge in [0.25, 0.3) is 5.56 Å². The topological polar surface area (TPSA) is 106 Å². The van der Waals surface area contributed by atoms with Crippen LogP contribution in [0.5, 0.6) is 0 Å². The average molecular weight is 341 g/mol. The molecule has 0 unspecified atom stereocenters. The lowest BCUT2D eigenvalue weighted by Gasteiger charge is -2.08. The number of H-pyrrole nitrogens is 1. The second-order valence-corrected chi connectivity index (χ2v) is 5.70. The summed E-state index contributed by atoms with van der Waals surface area (Å²) < 4.78 is 6.76. The van der Waals surface area contributed by atoms with Gasteiger partial charge in [-0.3, -0.25) is 14.6 Å². The lowest BCUT2D eigenvalue weighted by molar-refractivity contribution is -0.116. The minimum absolute atomic E-state index is 0.138. The number of carbonyl (C=O) groups excluding carboxylic acids is 1. The predicted molar refractivity (Wildman–Crippen MR) is 92.7 cm³/mol. The first-order valence-corrected chi connectivity index (χ1v) is 8.01. The molecule has 8 nitrogen and oxygen atoms in total. The highest BCUT2D eigenvalue weighted by Crippen LogP contribution is 2.24. The molecule has 3 aromatic heterocycles. The summed E-state index contributed by atoms with van der Waals surface area (Å²) in [5.41, 5.74) is 1.42. The van der Waals surface area contributed by atoms with E-state index in [0.29, 0.717) is 35.0 Å². The molecule has 3 aromatic rings. The first kappa shape index (κ1) is 16.7. The molecule has 8 heteroatoms. The van der Waals surface area contributed by atoms with Crippen LogP contribution < -0.4 is 10.9 Å². The van der Waals surface area contributed by atoms with Gasteiger partial charge in [0.1, 0.15) is 11.5 Å². The largest absolute Gasteiger partial charge is 0.463 e. The van der Waals surface area contributed by atoms with Crippen LogP contribution in [0.4, 0.5) is 5.82 Å². The van der Waals surface area contributed by atoms with E-state index in [1.807, 2.05) is 6.92 Å². The Balaban J connectivity index is 2.10. The van der Waals surface area contributed by atoms with Crippen LogP contribution in [0, 0.1) is 13.8 Å². The summed E-state index contributed by atoms with van der Waals surface area (Å²) in [6.07, 6.45) is 2.65. The fourth-order valence-corrected chi connectivity index (χ4v) is 2.34. The van der Waals surface area contributed by atoms with Gasteiger partial charge in [-0.1, -0.05) is 6.92 Å². The highest BCUT2D eigenvalue weighted by Gasteiger charge is 2.17. The normalized spacial score (nSPS) is 10.8. The van der Waals surface area contributed by atoms with Crippen LogP contribution in [0.15, 0.2) is 33.7 Å². The molecule has 0 fully saturated rings. The Labute approximate surface area is 143 Å². The van der Waals surface area contributed by atoms with E-state index in [0.717, 1.165) is 6.42 Å². The first-order chi connectivity index (χ1) is 12.0. The number of amides is 1. The summed E-state index contributed by atoms with van der Waals surface area (Å²) >= 11 is 0. The number of aromatic nitrogens is 4. The summed E-state index contributed by atoms with van der Waals surface area (Å²) in [5, 5.41) is 7.23. The average Bonchev–Trinajstić information content (AvgIpc) is 3.21. The third-order valence-electron chi connectivity index (χ3n) is 3.81. The van der Waals surface area contributed by atoms with Gasteiger partial charge >= 0.3 is 0 Å². The molecule has 1 amide bonds. The highest BCUT2D eigenvalue weighted by atomic mass is 16.3. The van der Waals surface area contributed by atoms with Gasteiger partial charge in [0.05, 0.1) is 6.26 Å². The van der Waals surface area contributed by atoms with Crippen molar-refractivity contribution in [1.82, 2.24) is 19.7 Å². The number of nitrogens with one attached hydrogen (secondary N) is 2. The second-order valence-electron chi connectivity index (χ2n) is 5.70. The van der Waals surface area contributed by atoms with Crippen molar-refractivity contribution >= 4 is 11.7 Å². The van der Waals surface area contributed by atoms with Crippen LogP contribution in [0.1, 0.15) is 31.0 Å². The van der Waals surface area contributed by atoms with Gasteiger partial charge in [-0.2, -0.15) is 9.78 Å². The summed E-state index contributed by atoms with van der Waals surface area (Å²) in [4.78, 5) is 31.1. The van der Waals surface area contributed by atoms with Crippen molar-refractivity contribution in [2.45, 2.75) is 33.6 Å². The van der Waals surface area contributed by atoms with E-state index in [-0.39, 0.29) is 17.4 Å². The van der Waals surface area contributed by atoms with E-state index in [1.54, 1.807) is 38.3 Å². The molecular weight excluding hydrogens is 322 g/mol. The van der Waals surface area contributed by atoms with E-state index in [9.17, 15) is 9.59 Å². The molecule has 0 bridgehead atoms. The Morgan fingerprint density at radius 2 is 2.20 bits per heavy atom. The van der Waals surface area contributed by atoms with E-state index in [1.165, 1.54) is 4.68 Å². The Bertz CT molecular complexity index is 953. The van der Waals surface area contributed by atoms with Crippen LogP contribution in [-0.4, -0.2) is 25.7 Å². The van der Waals surface area contributed by atoms with Gasteiger partial charge < -0.3 is 9.73 Å². The second kappa shape index (κ2) is 6.76. The number of anilines is 1. The minimum atomic E-state index is -0.247. The number of nitrogens with zero attached hydrogens (tertiary/aromatic N) is 3. The van der Waals surface area contributed by atoms with Crippen LogP contribution in [0.25, 0.3) is 17.4 Å². The molecule has 0 saturated heterocycles. The molecule has 130 valence electrons. The van der Waals surface area contributed by atoms with Gasteiger partial charge in [-0.15, -0.1) is 0 Å². The van der Waals surface area contributed by atoms with Gasteiger partial charge in [-0.05, 0) is 32.4 Å². The van der Waals surface area contributed by atoms with E-state index in [4.69, 9.17) is 4.42 Å². The van der Waals surface area contributed by atoms with Crippen molar-refractivity contribution in [3.63, 3.8) is 0 Å². The number of hydrogen-bond donors (Lipinski definition) is 2. The molecular formula is C17H19N5O3. The first-order valence-electron chi connectivity index (χ1n) is 8.01. The van der Waals surface area contributed by atoms with E-state index in [2.05, 4.69) is 20.4 Å². The van der Waals surface area contributed by atoms with Gasteiger partial charge in [-0.25, -0.2) is 4.98 Å². The molecule has 2 N–H and O–H groups in total. The number of hydrogen-bond acceptors (Lipinski definition) is 5. The Kier molecular flexibility index (Phi) is 4.51. The third kappa shape index (κ3) is 3.37. The Morgan fingerprint density at radius 3 is 2.84 bits per heavy atom. The number of rotatable bonds is 5. The van der Waals surface area contributed by atoms with Crippen LogP contribution in [0.3, 0.4) is 0 Å². The zero-order valence-electron chi connectivity index (χ0n) is 14.3. The van der Waals surface area contributed by atoms with Crippen molar-refractivity contribution in [1.29, 1.82) is 0 Å². The molecule has 25 heavy (non-hydrogen) atoms. The summed E-state index contributed by atoms with van der Waals surface area (Å²) in [7, 11) is 0. The Hall–Kier alpha value is -3.16. The monoisotopic (exact) mass is 341 g/mol. The number of aryl methyl sites for hydroxylation is 1. The van der Waals surface area contributed by atoms with Crippen molar-refractivity contribution in [2.24, 2.45) is 0 Å². The lowest BCUT2D eigenvalue weighted by atomic mass is 10.3. The molecule has 0 spiro atoms. The van der Waals surface area contributed by atoms with Gasteiger partial charge in [0.15, 0.2) is 5.76 Å².